The zero-order valence-corrected chi connectivity index (χ0v) is 10.3. The molecule has 0 atom stereocenters. The number of ether oxygens (including phenoxy) is 1. The number of aryl methyl sites for hydroxylation is 1. The Kier molecular flexibility index (Phi) is 5.18. The van der Waals surface area contributed by atoms with Crippen LogP contribution in [0.3, 0.4) is 0 Å². The van der Waals surface area contributed by atoms with E-state index in [-0.39, 0.29) is 13.0 Å². The van der Waals surface area contributed by atoms with Crippen molar-refractivity contribution in [1.29, 1.82) is 0 Å². The van der Waals surface area contributed by atoms with Crippen molar-refractivity contribution in [2.75, 3.05) is 19.0 Å². The van der Waals surface area contributed by atoms with Crippen molar-refractivity contribution in [1.82, 2.24) is 9.97 Å². The predicted octanol–water partition coefficient (Wildman–Crippen LogP) is 2.80. The van der Waals surface area contributed by atoms with Gasteiger partial charge < -0.3 is 10.1 Å². The molecule has 1 N–H and O–H groups in total. The quantitative estimate of drug-likeness (QED) is 0.802. The summed E-state index contributed by atoms with van der Waals surface area (Å²) in [7, 11) is 1.70. The molecule has 1 aromatic heterocycles. The standard InChI is InChI=1S/C11H16F3N3O/c1-3-8-16-9(15-2)7-10(17-8)18-6-4-5-11(12,13)14/h7H,3-6H2,1-2H3,(H,15,16,17). The zero-order valence-electron chi connectivity index (χ0n) is 10.3. The highest BCUT2D eigenvalue weighted by Gasteiger charge is 2.26. The van der Waals surface area contributed by atoms with Crippen molar-refractivity contribution in [3.05, 3.63) is 11.9 Å². The Balaban J connectivity index is 2.51. The molecular formula is C11H16F3N3O. The first-order valence-electron chi connectivity index (χ1n) is 5.70. The SMILES string of the molecule is CCc1nc(NC)cc(OCCCC(F)(F)F)n1. The largest absolute Gasteiger partial charge is 0.478 e. The lowest BCUT2D eigenvalue weighted by molar-refractivity contribution is -0.136. The van der Waals surface area contributed by atoms with E-state index >= 15 is 0 Å². The van der Waals surface area contributed by atoms with Gasteiger partial charge in [0.15, 0.2) is 0 Å². The first-order valence-corrected chi connectivity index (χ1v) is 5.70. The number of alkyl halides is 3. The van der Waals surface area contributed by atoms with Gasteiger partial charge in [0.1, 0.15) is 11.6 Å². The Labute approximate surface area is 104 Å². The lowest BCUT2D eigenvalue weighted by Gasteiger charge is -2.09. The van der Waals surface area contributed by atoms with E-state index in [4.69, 9.17) is 4.74 Å². The molecule has 0 saturated heterocycles. The number of hydrogen-bond donors (Lipinski definition) is 1. The van der Waals surface area contributed by atoms with Crippen molar-refractivity contribution >= 4 is 5.82 Å². The third-order valence-electron chi connectivity index (χ3n) is 2.18. The third kappa shape index (κ3) is 5.20. The molecule has 0 aromatic carbocycles. The van der Waals surface area contributed by atoms with Gasteiger partial charge in [0, 0.05) is 26.0 Å². The summed E-state index contributed by atoms with van der Waals surface area (Å²) in [5.41, 5.74) is 0. The molecular weight excluding hydrogens is 247 g/mol. The molecule has 18 heavy (non-hydrogen) atoms. The number of hydrogen-bond acceptors (Lipinski definition) is 4. The van der Waals surface area contributed by atoms with E-state index in [9.17, 15) is 13.2 Å². The maximum Gasteiger partial charge on any atom is 0.389 e. The number of nitrogens with zero attached hydrogens (tertiary/aromatic N) is 2. The van der Waals surface area contributed by atoms with Crippen molar-refractivity contribution < 1.29 is 17.9 Å². The minimum absolute atomic E-state index is 0.0111. The van der Waals surface area contributed by atoms with E-state index in [2.05, 4.69) is 15.3 Å². The first kappa shape index (κ1) is 14.5. The Morgan fingerprint density at radius 2 is 2.06 bits per heavy atom. The van der Waals surface area contributed by atoms with Crippen LogP contribution < -0.4 is 10.1 Å². The van der Waals surface area contributed by atoms with E-state index < -0.39 is 12.6 Å². The minimum atomic E-state index is -4.14. The smallest absolute Gasteiger partial charge is 0.389 e. The normalized spacial score (nSPS) is 11.4. The molecule has 0 radical (unpaired) electrons. The van der Waals surface area contributed by atoms with Gasteiger partial charge in [0.2, 0.25) is 5.88 Å². The molecule has 0 aliphatic carbocycles. The Hall–Kier alpha value is -1.53. The number of anilines is 1. The van der Waals surface area contributed by atoms with Gasteiger partial charge in [-0.3, -0.25) is 0 Å². The van der Waals surface area contributed by atoms with Gasteiger partial charge in [-0.1, -0.05) is 6.92 Å². The molecule has 102 valence electrons. The fourth-order valence-electron chi connectivity index (χ4n) is 1.28. The van der Waals surface area contributed by atoms with Crippen LogP contribution in [-0.4, -0.2) is 29.8 Å². The number of halogens is 3. The van der Waals surface area contributed by atoms with Gasteiger partial charge in [-0.25, -0.2) is 4.98 Å². The van der Waals surface area contributed by atoms with Crippen molar-refractivity contribution in [3.8, 4) is 5.88 Å². The zero-order chi connectivity index (χ0) is 13.6. The van der Waals surface area contributed by atoms with Gasteiger partial charge in [-0.15, -0.1) is 0 Å². The van der Waals surface area contributed by atoms with Crippen LogP contribution in [0.2, 0.25) is 0 Å². The topological polar surface area (TPSA) is 47.0 Å². The molecule has 1 rings (SSSR count). The first-order chi connectivity index (χ1) is 8.44. The monoisotopic (exact) mass is 263 g/mol. The second-order valence-electron chi connectivity index (χ2n) is 3.68. The maximum absolute atomic E-state index is 11.9. The summed E-state index contributed by atoms with van der Waals surface area (Å²) < 4.78 is 41.0. The summed E-state index contributed by atoms with van der Waals surface area (Å²) in [6.45, 7) is 1.88. The van der Waals surface area contributed by atoms with Crippen molar-refractivity contribution in [3.63, 3.8) is 0 Å². The fourth-order valence-corrected chi connectivity index (χ4v) is 1.28. The van der Waals surface area contributed by atoms with Crippen LogP contribution in [0, 0.1) is 0 Å². The van der Waals surface area contributed by atoms with E-state index in [1.165, 1.54) is 0 Å². The average Bonchev–Trinajstić information content (AvgIpc) is 2.33. The van der Waals surface area contributed by atoms with Gasteiger partial charge in [0.25, 0.3) is 0 Å². The van der Waals surface area contributed by atoms with E-state index in [0.29, 0.717) is 23.9 Å². The number of aromatic nitrogens is 2. The van der Waals surface area contributed by atoms with Gasteiger partial charge in [-0.2, -0.15) is 18.2 Å². The molecule has 0 saturated carbocycles. The van der Waals surface area contributed by atoms with Crippen LogP contribution in [0.1, 0.15) is 25.6 Å². The molecule has 7 heteroatoms. The second-order valence-corrected chi connectivity index (χ2v) is 3.68. The average molecular weight is 263 g/mol. The summed E-state index contributed by atoms with van der Waals surface area (Å²) in [5, 5.41) is 2.85. The van der Waals surface area contributed by atoms with E-state index in [1.807, 2.05) is 6.92 Å². The predicted molar refractivity (Wildman–Crippen MR) is 61.7 cm³/mol. The second kappa shape index (κ2) is 6.42. The summed E-state index contributed by atoms with van der Waals surface area (Å²) in [6.07, 6.45) is -4.43. The molecule has 4 nitrogen and oxygen atoms in total. The summed E-state index contributed by atoms with van der Waals surface area (Å²) >= 11 is 0. The molecule has 1 heterocycles. The molecule has 0 aliphatic heterocycles. The van der Waals surface area contributed by atoms with Gasteiger partial charge >= 0.3 is 6.18 Å². The highest BCUT2D eigenvalue weighted by atomic mass is 19.4. The Bertz CT molecular complexity index is 360. The highest BCUT2D eigenvalue weighted by molar-refractivity contribution is 5.37. The van der Waals surface area contributed by atoms with Crippen LogP contribution in [-0.2, 0) is 6.42 Å². The molecule has 0 amide bonds. The fraction of sp³-hybridized carbons (Fsp3) is 0.636. The summed E-state index contributed by atoms with van der Waals surface area (Å²) in [4.78, 5) is 8.23. The maximum atomic E-state index is 11.9. The highest BCUT2D eigenvalue weighted by Crippen LogP contribution is 2.21. The molecule has 0 spiro atoms. The summed E-state index contributed by atoms with van der Waals surface area (Å²) in [5.74, 6) is 1.48. The molecule has 0 unspecified atom stereocenters. The third-order valence-corrected chi connectivity index (χ3v) is 2.18. The van der Waals surface area contributed by atoms with Crippen molar-refractivity contribution in [2.24, 2.45) is 0 Å². The van der Waals surface area contributed by atoms with Crippen LogP contribution in [0.5, 0.6) is 5.88 Å². The molecule has 0 fully saturated rings. The lowest BCUT2D eigenvalue weighted by Crippen LogP contribution is -2.10. The Morgan fingerprint density at radius 3 is 2.61 bits per heavy atom. The molecule has 1 aromatic rings. The lowest BCUT2D eigenvalue weighted by atomic mass is 10.3. The van der Waals surface area contributed by atoms with Crippen LogP contribution in [0.4, 0.5) is 19.0 Å². The van der Waals surface area contributed by atoms with Crippen molar-refractivity contribution in [2.45, 2.75) is 32.4 Å². The number of rotatable bonds is 6. The van der Waals surface area contributed by atoms with Crippen LogP contribution >= 0.6 is 0 Å². The molecule has 0 aliphatic rings. The number of nitrogens with one attached hydrogen (secondary N) is 1. The Morgan fingerprint density at radius 1 is 1.33 bits per heavy atom. The van der Waals surface area contributed by atoms with Crippen LogP contribution in [0.15, 0.2) is 6.07 Å². The van der Waals surface area contributed by atoms with Gasteiger partial charge in [0.05, 0.1) is 6.61 Å². The molecule has 0 bridgehead atoms. The van der Waals surface area contributed by atoms with E-state index in [0.717, 1.165) is 0 Å². The van der Waals surface area contributed by atoms with Gasteiger partial charge in [-0.05, 0) is 6.42 Å². The summed E-state index contributed by atoms with van der Waals surface area (Å²) in [6, 6.07) is 1.56. The minimum Gasteiger partial charge on any atom is -0.478 e. The van der Waals surface area contributed by atoms with Crippen LogP contribution in [0.25, 0.3) is 0 Å². The van der Waals surface area contributed by atoms with E-state index in [1.54, 1.807) is 13.1 Å².